The number of thiazole rings is 1. The summed E-state index contributed by atoms with van der Waals surface area (Å²) in [6.07, 6.45) is 0.968. The van der Waals surface area contributed by atoms with E-state index in [1.807, 2.05) is 29.7 Å². The summed E-state index contributed by atoms with van der Waals surface area (Å²) in [7, 11) is 0. The van der Waals surface area contributed by atoms with Crippen molar-refractivity contribution in [1.29, 1.82) is 0 Å². The van der Waals surface area contributed by atoms with Gasteiger partial charge in [-0.15, -0.1) is 11.3 Å². The van der Waals surface area contributed by atoms with E-state index in [0.29, 0.717) is 23.0 Å². The van der Waals surface area contributed by atoms with E-state index in [2.05, 4.69) is 35.2 Å². The summed E-state index contributed by atoms with van der Waals surface area (Å²) < 4.78 is 7.44. The molecule has 0 radical (unpaired) electrons. The molecule has 0 unspecified atom stereocenters. The second-order valence-corrected chi connectivity index (χ2v) is 7.99. The zero-order valence-electron chi connectivity index (χ0n) is 16.5. The molecule has 150 valence electrons. The van der Waals surface area contributed by atoms with Crippen LogP contribution < -0.4 is 5.32 Å². The molecular formula is C21H22N4O3S. The number of amides is 1. The van der Waals surface area contributed by atoms with Gasteiger partial charge in [0, 0.05) is 11.9 Å². The molecule has 8 heteroatoms. The summed E-state index contributed by atoms with van der Waals surface area (Å²) in [5.41, 5.74) is 4.53. The highest BCUT2D eigenvalue weighted by atomic mass is 32.1. The number of aliphatic hydroxyl groups excluding tert-OH is 1. The summed E-state index contributed by atoms with van der Waals surface area (Å²) in [5, 5.41) is 15.5. The first-order valence-electron chi connectivity index (χ1n) is 9.31. The maximum Gasteiger partial charge on any atom is 0.270 e. The van der Waals surface area contributed by atoms with Crippen molar-refractivity contribution in [1.82, 2.24) is 19.9 Å². The maximum atomic E-state index is 12.4. The van der Waals surface area contributed by atoms with Crippen molar-refractivity contribution < 1.29 is 14.3 Å². The van der Waals surface area contributed by atoms with Crippen LogP contribution in [0.5, 0.6) is 0 Å². The Morgan fingerprint density at radius 3 is 2.83 bits per heavy atom. The van der Waals surface area contributed by atoms with Gasteiger partial charge in [-0.1, -0.05) is 0 Å². The van der Waals surface area contributed by atoms with E-state index in [4.69, 9.17) is 4.42 Å². The number of imidazole rings is 1. The van der Waals surface area contributed by atoms with Gasteiger partial charge < -0.3 is 19.4 Å². The van der Waals surface area contributed by atoms with E-state index in [9.17, 15) is 9.90 Å². The van der Waals surface area contributed by atoms with Crippen LogP contribution in [-0.2, 0) is 6.54 Å². The van der Waals surface area contributed by atoms with Crippen LogP contribution in [0, 0.1) is 20.8 Å². The second kappa shape index (κ2) is 7.81. The Morgan fingerprint density at radius 1 is 1.28 bits per heavy atom. The fourth-order valence-electron chi connectivity index (χ4n) is 3.09. The molecule has 0 saturated carbocycles. The number of aryl methyl sites for hydroxylation is 3. The third kappa shape index (κ3) is 4.08. The molecule has 29 heavy (non-hydrogen) atoms. The van der Waals surface area contributed by atoms with E-state index >= 15 is 0 Å². The second-order valence-electron chi connectivity index (χ2n) is 7.13. The van der Waals surface area contributed by atoms with Crippen LogP contribution in [-0.4, -0.2) is 38.2 Å². The van der Waals surface area contributed by atoms with Gasteiger partial charge in [0.05, 0.1) is 30.0 Å². The van der Waals surface area contributed by atoms with Gasteiger partial charge in [-0.2, -0.15) is 0 Å². The topological polar surface area (TPSA) is 93.2 Å². The first-order chi connectivity index (χ1) is 13.9. The van der Waals surface area contributed by atoms with Gasteiger partial charge in [0.2, 0.25) is 0 Å². The standard InChI is InChI=1S/C21H22N4O3S/c1-12-6-16-18(7-13(12)2)25(11-23-16)9-15(26)8-22-20(27)17-10-29-21(24-17)19-5-4-14(3)28-19/h4-7,10-11,15,26H,8-9H2,1-3H3,(H,22,27)/t15-/m1/s1. The lowest BCUT2D eigenvalue weighted by Crippen LogP contribution is -2.34. The number of hydrogen-bond acceptors (Lipinski definition) is 6. The van der Waals surface area contributed by atoms with Crippen LogP contribution in [0.15, 0.2) is 40.4 Å². The van der Waals surface area contributed by atoms with Gasteiger partial charge in [0.25, 0.3) is 5.91 Å². The molecule has 3 heterocycles. The molecule has 7 nitrogen and oxygen atoms in total. The van der Waals surface area contributed by atoms with Crippen molar-refractivity contribution in [2.75, 3.05) is 6.54 Å². The molecule has 4 rings (SSSR count). The normalized spacial score (nSPS) is 12.4. The number of hydrogen-bond donors (Lipinski definition) is 2. The number of rotatable bonds is 6. The number of carbonyl (C=O) groups excluding carboxylic acids is 1. The first kappa shape index (κ1) is 19.4. The van der Waals surface area contributed by atoms with Gasteiger partial charge in [-0.3, -0.25) is 4.79 Å². The Morgan fingerprint density at radius 2 is 2.07 bits per heavy atom. The summed E-state index contributed by atoms with van der Waals surface area (Å²) in [6.45, 7) is 6.42. The Balaban J connectivity index is 1.37. The molecule has 4 aromatic rings. The van der Waals surface area contributed by atoms with Gasteiger partial charge in [0.15, 0.2) is 10.8 Å². The zero-order valence-corrected chi connectivity index (χ0v) is 17.3. The van der Waals surface area contributed by atoms with Crippen LogP contribution in [0.2, 0.25) is 0 Å². The van der Waals surface area contributed by atoms with Crippen LogP contribution in [0.4, 0.5) is 0 Å². The zero-order chi connectivity index (χ0) is 20.5. The number of carbonyl (C=O) groups is 1. The SMILES string of the molecule is Cc1ccc(-c2nc(C(=O)NC[C@@H](O)Cn3cnc4cc(C)c(C)cc43)cs2)o1. The van der Waals surface area contributed by atoms with E-state index in [1.165, 1.54) is 22.5 Å². The van der Waals surface area contributed by atoms with Gasteiger partial charge >= 0.3 is 0 Å². The fraction of sp³-hybridized carbons (Fsp3) is 0.286. The highest BCUT2D eigenvalue weighted by molar-refractivity contribution is 7.13. The summed E-state index contributed by atoms with van der Waals surface area (Å²) in [5.74, 6) is 1.11. The quantitative estimate of drug-likeness (QED) is 0.508. The minimum absolute atomic E-state index is 0.121. The molecule has 1 amide bonds. The predicted octanol–water partition coefficient (Wildman–Crippen LogP) is 3.47. The molecule has 0 saturated heterocycles. The third-order valence-corrected chi connectivity index (χ3v) is 5.69. The Bertz CT molecular complexity index is 1170. The third-order valence-electron chi connectivity index (χ3n) is 4.83. The van der Waals surface area contributed by atoms with Crippen molar-refractivity contribution in [2.24, 2.45) is 0 Å². The average molecular weight is 410 g/mol. The molecule has 3 aromatic heterocycles. The number of aromatic nitrogens is 3. The minimum atomic E-state index is -0.746. The average Bonchev–Trinajstić information content (AvgIpc) is 3.41. The molecule has 0 bridgehead atoms. The number of nitrogens with zero attached hydrogens (tertiary/aromatic N) is 3. The highest BCUT2D eigenvalue weighted by Crippen LogP contribution is 2.25. The largest absolute Gasteiger partial charge is 0.459 e. The maximum absolute atomic E-state index is 12.4. The van der Waals surface area contributed by atoms with Gasteiger partial charge in [0.1, 0.15) is 11.5 Å². The van der Waals surface area contributed by atoms with Gasteiger partial charge in [-0.05, 0) is 56.2 Å². The molecule has 1 aromatic carbocycles. The van der Waals surface area contributed by atoms with Crippen molar-refractivity contribution in [3.8, 4) is 10.8 Å². The van der Waals surface area contributed by atoms with Crippen LogP contribution in [0.1, 0.15) is 27.4 Å². The lowest BCUT2D eigenvalue weighted by molar-refractivity contribution is 0.0901. The van der Waals surface area contributed by atoms with E-state index < -0.39 is 6.10 Å². The summed E-state index contributed by atoms with van der Waals surface area (Å²) >= 11 is 1.35. The van der Waals surface area contributed by atoms with E-state index in [-0.39, 0.29) is 12.5 Å². The minimum Gasteiger partial charge on any atom is -0.459 e. The lowest BCUT2D eigenvalue weighted by Gasteiger charge is -2.13. The summed E-state index contributed by atoms with van der Waals surface area (Å²) in [6, 6.07) is 7.79. The number of aliphatic hydroxyl groups is 1. The van der Waals surface area contributed by atoms with Crippen molar-refractivity contribution in [3.63, 3.8) is 0 Å². The van der Waals surface area contributed by atoms with Crippen LogP contribution in [0.3, 0.4) is 0 Å². The highest BCUT2D eigenvalue weighted by Gasteiger charge is 2.16. The van der Waals surface area contributed by atoms with E-state index in [1.54, 1.807) is 11.7 Å². The van der Waals surface area contributed by atoms with Crippen molar-refractivity contribution >= 4 is 28.3 Å². The van der Waals surface area contributed by atoms with Gasteiger partial charge in [-0.25, -0.2) is 9.97 Å². The Kier molecular flexibility index (Phi) is 5.21. The summed E-state index contributed by atoms with van der Waals surface area (Å²) in [4.78, 5) is 21.1. The molecule has 0 aliphatic carbocycles. The van der Waals surface area contributed by atoms with E-state index in [0.717, 1.165) is 16.8 Å². The Labute approximate surface area is 172 Å². The molecule has 0 fully saturated rings. The number of nitrogens with one attached hydrogen (secondary N) is 1. The molecule has 0 aliphatic rings. The molecule has 1 atom stereocenters. The number of benzene rings is 1. The molecular weight excluding hydrogens is 388 g/mol. The number of furan rings is 1. The predicted molar refractivity (Wildman–Crippen MR) is 112 cm³/mol. The molecule has 0 spiro atoms. The smallest absolute Gasteiger partial charge is 0.270 e. The molecule has 2 N–H and O–H groups in total. The molecule has 0 aliphatic heterocycles. The monoisotopic (exact) mass is 410 g/mol. The lowest BCUT2D eigenvalue weighted by atomic mass is 10.1. The first-order valence-corrected chi connectivity index (χ1v) is 10.2. The van der Waals surface area contributed by atoms with Crippen LogP contribution >= 0.6 is 11.3 Å². The fourth-order valence-corrected chi connectivity index (χ4v) is 3.85. The Hall–Kier alpha value is -2.97. The number of fused-ring (bicyclic) bond motifs is 1. The van der Waals surface area contributed by atoms with Crippen molar-refractivity contribution in [2.45, 2.75) is 33.4 Å². The van der Waals surface area contributed by atoms with Crippen LogP contribution in [0.25, 0.3) is 21.8 Å². The van der Waals surface area contributed by atoms with Crippen molar-refractivity contribution in [3.05, 3.63) is 58.6 Å².